The van der Waals surface area contributed by atoms with E-state index in [2.05, 4.69) is 10.4 Å². The molecule has 1 amide bonds. The van der Waals surface area contributed by atoms with Crippen LogP contribution in [0, 0.1) is 6.92 Å². The highest BCUT2D eigenvalue weighted by molar-refractivity contribution is 7.20. The van der Waals surface area contributed by atoms with E-state index in [1.807, 2.05) is 37.3 Å². The van der Waals surface area contributed by atoms with Crippen LogP contribution in [0.3, 0.4) is 0 Å². The molecule has 0 aliphatic rings. The van der Waals surface area contributed by atoms with Crippen LogP contribution in [0.4, 0.5) is 5.69 Å². The first-order valence-electron chi connectivity index (χ1n) is 9.67. The van der Waals surface area contributed by atoms with Crippen molar-refractivity contribution in [3.8, 4) is 5.69 Å². The number of fused-ring (bicyclic) bond motifs is 1. The van der Waals surface area contributed by atoms with Crippen molar-refractivity contribution in [3.63, 3.8) is 0 Å². The van der Waals surface area contributed by atoms with Crippen LogP contribution in [0.15, 0.2) is 60.7 Å². The predicted molar refractivity (Wildman–Crippen MR) is 120 cm³/mol. The van der Waals surface area contributed by atoms with Crippen LogP contribution in [0.1, 0.15) is 25.7 Å². The summed E-state index contributed by atoms with van der Waals surface area (Å²) in [5.74, 6) is -1.75. The number of hydrogen-bond acceptors (Lipinski definition) is 7. The minimum atomic E-state index is -0.610. The summed E-state index contributed by atoms with van der Waals surface area (Å²) < 4.78 is 11.7. The molecule has 8 nitrogen and oxygen atoms in total. The Morgan fingerprint density at radius 3 is 2.50 bits per heavy atom. The molecule has 1 N–H and O–H groups in total. The number of carbonyl (C=O) groups is 3. The monoisotopic (exact) mass is 449 g/mol. The molecule has 0 bridgehead atoms. The molecule has 4 aromatic rings. The smallest absolute Gasteiger partial charge is 0.348 e. The van der Waals surface area contributed by atoms with E-state index in [1.54, 1.807) is 28.9 Å². The van der Waals surface area contributed by atoms with Gasteiger partial charge < -0.3 is 14.8 Å². The summed E-state index contributed by atoms with van der Waals surface area (Å²) in [6, 6.07) is 17.7. The minimum absolute atomic E-state index is 0.208. The first-order valence-corrected chi connectivity index (χ1v) is 10.5. The first kappa shape index (κ1) is 21.3. The number of nitrogens with one attached hydrogen (secondary N) is 1. The van der Waals surface area contributed by atoms with Crippen molar-refractivity contribution in [2.75, 3.05) is 19.0 Å². The average molecular weight is 449 g/mol. The zero-order chi connectivity index (χ0) is 22.7. The van der Waals surface area contributed by atoms with Crippen molar-refractivity contribution in [2.24, 2.45) is 0 Å². The summed E-state index contributed by atoms with van der Waals surface area (Å²) in [6.07, 6.45) is 0. The van der Waals surface area contributed by atoms with E-state index in [0.717, 1.165) is 21.6 Å². The maximum Gasteiger partial charge on any atom is 0.348 e. The highest BCUT2D eigenvalue weighted by atomic mass is 32.1. The van der Waals surface area contributed by atoms with E-state index >= 15 is 0 Å². The lowest BCUT2D eigenvalue weighted by Gasteiger charge is -2.09. The fraction of sp³-hybridized carbons (Fsp3) is 0.130. The van der Waals surface area contributed by atoms with Gasteiger partial charge in [0, 0.05) is 5.39 Å². The third kappa shape index (κ3) is 4.23. The number of aryl methyl sites for hydroxylation is 1. The van der Waals surface area contributed by atoms with Crippen LogP contribution < -0.4 is 5.32 Å². The van der Waals surface area contributed by atoms with Crippen molar-refractivity contribution in [2.45, 2.75) is 6.92 Å². The van der Waals surface area contributed by atoms with Crippen LogP contribution in [0.2, 0.25) is 0 Å². The highest BCUT2D eigenvalue weighted by Crippen LogP contribution is 2.30. The maximum absolute atomic E-state index is 12.6. The van der Waals surface area contributed by atoms with Crippen molar-refractivity contribution < 1.29 is 23.9 Å². The lowest BCUT2D eigenvalue weighted by molar-refractivity contribution is -0.119. The molecule has 0 spiro atoms. The van der Waals surface area contributed by atoms with Crippen LogP contribution in [0.25, 0.3) is 15.9 Å². The molecule has 0 saturated heterocycles. The molecule has 9 heteroatoms. The normalized spacial score (nSPS) is 10.7. The van der Waals surface area contributed by atoms with E-state index in [-0.39, 0.29) is 11.3 Å². The molecule has 0 saturated carbocycles. The van der Waals surface area contributed by atoms with Gasteiger partial charge in [-0.15, -0.1) is 11.3 Å². The van der Waals surface area contributed by atoms with Crippen molar-refractivity contribution in [3.05, 3.63) is 76.8 Å². The minimum Gasteiger partial charge on any atom is -0.465 e. The third-order valence-corrected chi connectivity index (χ3v) is 5.78. The summed E-state index contributed by atoms with van der Waals surface area (Å²) in [5, 5.41) is 7.96. The van der Waals surface area contributed by atoms with Gasteiger partial charge in [0.2, 0.25) is 0 Å². The van der Waals surface area contributed by atoms with Crippen LogP contribution in [0.5, 0.6) is 0 Å². The number of carbonyl (C=O) groups excluding carboxylic acids is 3. The van der Waals surface area contributed by atoms with Gasteiger partial charge >= 0.3 is 11.9 Å². The molecule has 32 heavy (non-hydrogen) atoms. The van der Waals surface area contributed by atoms with Crippen LogP contribution >= 0.6 is 11.3 Å². The lowest BCUT2D eigenvalue weighted by atomic mass is 10.2. The van der Waals surface area contributed by atoms with Gasteiger partial charge in [0.05, 0.1) is 29.7 Å². The zero-order valence-corrected chi connectivity index (χ0v) is 18.1. The van der Waals surface area contributed by atoms with Gasteiger partial charge in [0.15, 0.2) is 6.61 Å². The number of nitrogens with zero attached hydrogens (tertiary/aromatic N) is 2. The molecule has 0 atom stereocenters. The molecule has 2 heterocycles. The number of amides is 1. The summed E-state index contributed by atoms with van der Waals surface area (Å²) in [5.41, 5.74) is 2.16. The molecule has 0 radical (unpaired) electrons. The van der Waals surface area contributed by atoms with Gasteiger partial charge in [0.1, 0.15) is 9.71 Å². The number of methoxy groups -OCH3 is 1. The Labute approximate surface area is 187 Å². The first-order chi connectivity index (χ1) is 15.5. The molecule has 2 aromatic carbocycles. The van der Waals surface area contributed by atoms with E-state index < -0.39 is 24.5 Å². The Kier molecular flexibility index (Phi) is 6.00. The quantitative estimate of drug-likeness (QED) is 0.447. The van der Waals surface area contributed by atoms with Gasteiger partial charge in [0.25, 0.3) is 5.91 Å². The van der Waals surface area contributed by atoms with E-state index in [4.69, 9.17) is 9.47 Å². The third-order valence-electron chi connectivity index (χ3n) is 4.69. The second-order valence-electron chi connectivity index (χ2n) is 6.82. The summed E-state index contributed by atoms with van der Waals surface area (Å²) >= 11 is 1.25. The Hall–Kier alpha value is -3.98. The molecule has 0 fully saturated rings. The molecule has 0 unspecified atom stereocenters. The average Bonchev–Trinajstić information content (AvgIpc) is 3.38. The Balaban J connectivity index is 1.46. The fourth-order valence-electron chi connectivity index (χ4n) is 3.16. The molecular weight excluding hydrogens is 430 g/mol. The summed E-state index contributed by atoms with van der Waals surface area (Å²) in [7, 11) is 1.26. The summed E-state index contributed by atoms with van der Waals surface area (Å²) in [6.45, 7) is 1.38. The Morgan fingerprint density at radius 2 is 1.75 bits per heavy atom. The van der Waals surface area contributed by atoms with Gasteiger partial charge in [-0.2, -0.15) is 5.10 Å². The topological polar surface area (TPSA) is 99.5 Å². The van der Waals surface area contributed by atoms with Gasteiger partial charge in [-0.3, -0.25) is 4.79 Å². The number of esters is 2. The molecule has 162 valence electrons. The molecule has 0 aliphatic carbocycles. The van der Waals surface area contributed by atoms with Gasteiger partial charge in [-0.1, -0.05) is 30.3 Å². The largest absolute Gasteiger partial charge is 0.465 e. The molecular formula is C23H19N3O5S. The van der Waals surface area contributed by atoms with E-state index in [0.29, 0.717) is 4.88 Å². The molecule has 2 aromatic heterocycles. The number of anilines is 1. The summed E-state index contributed by atoms with van der Waals surface area (Å²) in [4.78, 5) is 37.8. The van der Waals surface area contributed by atoms with Crippen molar-refractivity contribution in [1.29, 1.82) is 0 Å². The number of thiophene rings is 1. The van der Waals surface area contributed by atoms with E-state index in [9.17, 15) is 14.4 Å². The fourth-order valence-corrected chi connectivity index (χ4v) is 4.24. The second kappa shape index (κ2) is 9.03. The Morgan fingerprint density at radius 1 is 1.03 bits per heavy atom. The SMILES string of the molecule is COC(=O)c1ccccc1NC(=O)COC(=O)c1cc2c(C)nn(-c3ccccc3)c2s1. The number of aromatic nitrogens is 2. The number of hydrogen-bond donors (Lipinski definition) is 1. The number of benzene rings is 2. The van der Waals surface area contributed by atoms with Crippen molar-refractivity contribution in [1.82, 2.24) is 9.78 Å². The zero-order valence-electron chi connectivity index (χ0n) is 17.3. The van der Waals surface area contributed by atoms with Crippen molar-refractivity contribution >= 4 is 45.1 Å². The van der Waals surface area contributed by atoms with Crippen LogP contribution in [-0.2, 0) is 14.3 Å². The maximum atomic E-state index is 12.6. The van der Waals surface area contributed by atoms with E-state index in [1.165, 1.54) is 24.5 Å². The predicted octanol–water partition coefficient (Wildman–Crippen LogP) is 3.98. The highest BCUT2D eigenvalue weighted by Gasteiger charge is 2.19. The second-order valence-corrected chi connectivity index (χ2v) is 7.85. The van der Waals surface area contributed by atoms with Gasteiger partial charge in [-0.05, 0) is 37.3 Å². The lowest BCUT2D eigenvalue weighted by Crippen LogP contribution is -2.22. The standard InChI is InChI=1S/C23H19N3O5S/c1-14-17-12-19(32-21(17)26(25-14)15-8-4-3-5-9-15)23(29)31-13-20(27)24-18-11-7-6-10-16(18)22(28)30-2/h3-12H,13H2,1-2H3,(H,24,27). The Bertz CT molecular complexity index is 1310. The number of rotatable bonds is 6. The number of ether oxygens (including phenoxy) is 2. The molecule has 4 rings (SSSR count). The van der Waals surface area contributed by atoms with Crippen LogP contribution in [-0.4, -0.2) is 41.3 Å². The molecule has 0 aliphatic heterocycles. The van der Waals surface area contributed by atoms with Gasteiger partial charge in [-0.25, -0.2) is 14.3 Å². The number of para-hydroxylation sites is 2.